The Morgan fingerprint density at radius 3 is 2.33 bits per heavy atom. The lowest BCUT2D eigenvalue weighted by Gasteiger charge is -2.14. The van der Waals surface area contributed by atoms with E-state index < -0.39 is 12.1 Å². The summed E-state index contributed by atoms with van der Waals surface area (Å²) < 4.78 is 5.80. The Hall–Kier alpha value is -3.23. The molecule has 0 fully saturated rings. The molecule has 1 atom stereocenters. The van der Waals surface area contributed by atoms with Crippen LogP contribution in [0.2, 0.25) is 0 Å². The number of phenols is 1. The lowest BCUT2D eigenvalue weighted by atomic mass is 9.99. The van der Waals surface area contributed by atoms with Gasteiger partial charge in [0.1, 0.15) is 5.75 Å². The van der Waals surface area contributed by atoms with Gasteiger partial charge in [0, 0.05) is 25.3 Å². The van der Waals surface area contributed by atoms with Crippen molar-refractivity contribution in [2.75, 3.05) is 26.3 Å². The quantitative estimate of drug-likeness (QED) is 0.137. The number of carboxylic acid groups (broad SMARTS) is 1. The molecule has 7 heteroatoms. The lowest BCUT2D eigenvalue weighted by molar-refractivity contribution is 0.0697. The van der Waals surface area contributed by atoms with Crippen molar-refractivity contribution in [1.82, 2.24) is 5.32 Å². The molecule has 3 aromatic carbocycles. The molecule has 0 bridgehead atoms. The molecule has 0 saturated heterocycles. The molecule has 0 saturated carbocycles. The lowest BCUT2D eigenvalue weighted by Crippen LogP contribution is -2.22. The average molecular weight is 536 g/mol. The first kappa shape index (κ1) is 30.3. The molecule has 0 radical (unpaired) electrons. The molecule has 0 unspecified atom stereocenters. The Morgan fingerprint density at radius 2 is 1.59 bits per heavy atom. The van der Waals surface area contributed by atoms with Crippen molar-refractivity contribution in [1.29, 1.82) is 0 Å². The number of hydrogen-bond donors (Lipinski definition) is 5. The number of aliphatic hydroxyl groups is 2. The molecule has 0 spiro atoms. The third-order valence-electron chi connectivity index (χ3n) is 6.78. The highest BCUT2D eigenvalue weighted by atomic mass is 16.5. The molecule has 7 nitrogen and oxygen atoms in total. The Labute approximate surface area is 231 Å². The van der Waals surface area contributed by atoms with E-state index >= 15 is 0 Å². The Morgan fingerprint density at radius 1 is 0.846 bits per heavy atom. The number of rotatable bonds is 18. The number of benzene rings is 3. The number of carbonyl (C=O) groups is 1. The highest BCUT2D eigenvalue weighted by Crippen LogP contribution is 2.23. The summed E-state index contributed by atoms with van der Waals surface area (Å²) in [6.45, 7) is 2.56. The second-order valence-electron chi connectivity index (χ2n) is 9.83. The Bertz CT molecular complexity index is 1150. The van der Waals surface area contributed by atoms with Crippen LogP contribution in [0, 0.1) is 0 Å². The predicted octanol–water partition coefficient (Wildman–Crippen LogP) is 5.47. The van der Waals surface area contributed by atoms with Gasteiger partial charge >= 0.3 is 5.97 Å². The van der Waals surface area contributed by atoms with Gasteiger partial charge in [-0.1, -0.05) is 55.3 Å². The van der Waals surface area contributed by atoms with Crippen LogP contribution in [0.3, 0.4) is 0 Å². The zero-order chi connectivity index (χ0) is 27.9. The van der Waals surface area contributed by atoms with Crippen molar-refractivity contribution >= 4 is 5.97 Å². The van der Waals surface area contributed by atoms with Gasteiger partial charge in [-0.25, -0.2) is 4.79 Å². The summed E-state index contributed by atoms with van der Waals surface area (Å²) >= 11 is 0. The van der Waals surface area contributed by atoms with E-state index in [9.17, 15) is 20.1 Å². The van der Waals surface area contributed by atoms with Gasteiger partial charge in [-0.2, -0.15) is 0 Å². The standard InChI is InChI=1S/C32H41NO6/c34-23-29-21-28(15-16-30(29)35)31(36)22-33-17-4-1-2-5-18-39-19-6-3-8-24-9-7-10-27(20-24)25-11-13-26(14-12-25)32(37)38/h7,9-16,20-21,31,33-36H,1-6,8,17-19,22-23H2,(H,37,38)/t31-/m0/s1. The van der Waals surface area contributed by atoms with E-state index in [0.29, 0.717) is 23.2 Å². The molecule has 210 valence electrons. The molecular weight excluding hydrogens is 494 g/mol. The van der Waals surface area contributed by atoms with E-state index in [4.69, 9.17) is 9.84 Å². The molecule has 0 amide bonds. The molecule has 0 aliphatic rings. The maximum absolute atomic E-state index is 11.0. The maximum atomic E-state index is 11.0. The van der Waals surface area contributed by atoms with E-state index in [1.165, 1.54) is 11.6 Å². The van der Waals surface area contributed by atoms with Gasteiger partial charge in [-0.3, -0.25) is 0 Å². The summed E-state index contributed by atoms with van der Waals surface area (Å²) in [6.07, 6.45) is 6.69. The van der Waals surface area contributed by atoms with E-state index in [1.807, 2.05) is 24.3 Å². The van der Waals surface area contributed by atoms with Gasteiger partial charge < -0.3 is 30.5 Å². The number of aryl methyl sites for hydroxylation is 1. The van der Waals surface area contributed by atoms with E-state index in [-0.39, 0.29) is 12.4 Å². The normalized spacial score (nSPS) is 11.9. The number of aromatic hydroxyl groups is 1. The fourth-order valence-electron chi connectivity index (χ4n) is 4.45. The van der Waals surface area contributed by atoms with Gasteiger partial charge in [0.2, 0.25) is 0 Å². The van der Waals surface area contributed by atoms with Gasteiger partial charge in [-0.05, 0) is 85.2 Å². The zero-order valence-corrected chi connectivity index (χ0v) is 22.5. The Kier molecular flexibility index (Phi) is 13.0. The second-order valence-corrected chi connectivity index (χ2v) is 9.83. The highest BCUT2D eigenvalue weighted by molar-refractivity contribution is 5.88. The molecule has 0 aliphatic carbocycles. The van der Waals surface area contributed by atoms with Crippen LogP contribution >= 0.6 is 0 Å². The minimum absolute atomic E-state index is 0.0384. The number of unbranched alkanes of at least 4 members (excludes halogenated alkanes) is 4. The van der Waals surface area contributed by atoms with Crippen LogP contribution in [0.25, 0.3) is 11.1 Å². The molecule has 5 N–H and O–H groups in total. The third-order valence-corrected chi connectivity index (χ3v) is 6.78. The number of carboxylic acids is 1. The minimum atomic E-state index is -0.912. The molecule has 0 aliphatic heterocycles. The van der Waals surface area contributed by atoms with Crippen LogP contribution in [0.1, 0.15) is 71.7 Å². The van der Waals surface area contributed by atoms with Crippen molar-refractivity contribution < 1.29 is 30.0 Å². The average Bonchev–Trinajstić information content (AvgIpc) is 2.95. The van der Waals surface area contributed by atoms with Gasteiger partial charge in [0.25, 0.3) is 0 Å². The molecule has 39 heavy (non-hydrogen) atoms. The number of ether oxygens (including phenoxy) is 1. The van der Waals surface area contributed by atoms with Crippen molar-refractivity contribution in [3.63, 3.8) is 0 Å². The van der Waals surface area contributed by atoms with Crippen LogP contribution in [-0.4, -0.2) is 52.7 Å². The SMILES string of the molecule is O=C(O)c1ccc(-c2cccc(CCCCOCCCCCCNC[C@H](O)c3ccc(O)c(CO)c3)c2)cc1. The minimum Gasteiger partial charge on any atom is -0.508 e. The van der Waals surface area contributed by atoms with Crippen LogP contribution in [-0.2, 0) is 17.8 Å². The molecule has 3 rings (SSSR count). The fourth-order valence-corrected chi connectivity index (χ4v) is 4.45. The first-order valence-corrected chi connectivity index (χ1v) is 13.8. The smallest absolute Gasteiger partial charge is 0.335 e. The summed E-state index contributed by atoms with van der Waals surface area (Å²) in [5.74, 6) is -0.874. The number of aromatic carboxylic acids is 1. The predicted molar refractivity (Wildman–Crippen MR) is 153 cm³/mol. The molecular formula is C32H41NO6. The van der Waals surface area contributed by atoms with E-state index in [0.717, 1.165) is 75.8 Å². The topological polar surface area (TPSA) is 119 Å². The zero-order valence-electron chi connectivity index (χ0n) is 22.5. The third kappa shape index (κ3) is 10.5. The number of aliphatic hydroxyl groups excluding tert-OH is 2. The first-order valence-electron chi connectivity index (χ1n) is 13.8. The number of nitrogens with one attached hydrogen (secondary N) is 1. The maximum Gasteiger partial charge on any atom is 0.335 e. The summed E-state index contributed by atoms with van der Waals surface area (Å²) in [5.41, 5.74) is 4.78. The van der Waals surface area contributed by atoms with Gasteiger partial charge in [0.15, 0.2) is 0 Å². The van der Waals surface area contributed by atoms with Crippen LogP contribution in [0.5, 0.6) is 5.75 Å². The molecule has 0 aromatic heterocycles. The Balaban J connectivity index is 1.18. The molecule has 3 aromatic rings. The highest BCUT2D eigenvalue weighted by Gasteiger charge is 2.10. The van der Waals surface area contributed by atoms with Gasteiger partial charge in [-0.15, -0.1) is 0 Å². The van der Waals surface area contributed by atoms with Crippen molar-refractivity contribution in [2.24, 2.45) is 0 Å². The summed E-state index contributed by atoms with van der Waals surface area (Å²) in [7, 11) is 0. The summed E-state index contributed by atoms with van der Waals surface area (Å²) in [4.78, 5) is 11.0. The largest absolute Gasteiger partial charge is 0.508 e. The van der Waals surface area contributed by atoms with E-state index in [2.05, 4.69) is 17.4 Å². The second kappa shape index (κ2) is 16.7. The van der Waals surface area contributed by atoms with Crippen LogP contribution < -0.4 is 5.32 Å². The van der Waals surface area contributed by atoms with Crippen molar-refractivity contribution in [3.8, 4) is 16.9 Å². The van der Waals surface area contributed by atoms with E-state index in [1.54, 1.807) is 24.3 Å². The first-order chi connectivity index (χ1) is 19.0. The van der Waals surface area contributed by atoms with Crippen LogP contribution in [0.15, 0.2) is 66.7 Å². The summed E-state index contributed by atoms with van der Waals surface area (Å²) in [6, 6.07) is 20.2. The van der Waals surface area contributed by atoms with Crippen molar-refractivity contribution in [3.05, 3.63) is 89.0 Å². The van der Waals surface area contributed by atoms with Gasteiger partial charge in [0.05, 0.1) is 18.3 Å². The monoisotopic (exact) mass is 535 g/mol. The van der Waals surface area contributed by atoms with Crippen LogP contribution in [0.4, 0.5) is 0 Å². The fraction of sp³-hybridized carbons (Fsp3) is 0.406. The number of hydrogen-bond acceptors (Lipinski definition) is 6. The summed E-state index contributed by atoms with van der Waals surface area (Å²) in [5, 5.41) is 41.5. The van der Waals surface area contributed by atoms with Crippen molar-refractivity contribution in [2.45, 2.75) is 57.7 Å². The molecule has 0 heterocycles.